The molecular weight excluding hydrogens is 202 g/mol. The minimum atomic E-state index is -0.296. The lowest BCUT2D eigenvalue weighted by Gasteiger charge is -2.11. The van der Waals surface area contributed by atoms with Crippen molar-refractivity contribution in [2.45, 2.75) is 13.3 Å². The van der Waals surface area contributed by atoms with Crippen LogP contribution in [0.1, 0.15) is 18.9 Å². The molecule has 0 saturated heterocycles. The Kier molecular flexibility index (Phi) is 4.45. The fourth-order valence-electron chi connectivity index (χ4n) is 1.20. The Labute approximate surface area is 95.4 Å². The molecule has 0 aromatic heterocycles. The summed E-state index contributed by atoms with van der Waals surface area (Å²) in [6.07, 6.45) is 3.44. The van der Waals surface area contributed by atoms with Crippen LogP contribution in [0.4, 0.5) is 0 Å². The summed E-state index contributed by atoms with van der Waals surface area (Å²) in [5.74, 6) is -0.474. The van der Waals surface area contributed by atoms with E-state index in [1.54, 1.807) is 13.0 Å². The molecule has 1 aromatic carbocycles. The Morgan fingerprint density at radius 2 is 1.88 bits per heavy atom. The zero-order valence-corrected chi connectivity index (χ0v) is 9.51. The van der Waals surface area contributed by atoms with Crippen LogP contribution in [0, 0.1) is 0 Å². The van der Waals surface area contributed by atoms with Crippen LogP contribution in [0.3, 0.4) is 0 Å². The molecule has 0 fully saturated rings. The monoisotopic (exact) mass is 217 g/mol. The van der Waals surface area contributed by atoms with Crippen LogP contribution in [0.5, 0.6) is 0 Å². The third-order valence-electron chi connectivity index (χ3n) is 2.23. The molecular formula is C13H15NO2. The first kappa shape index (κ1) is 12.2. The van der Waals surface area contributed by atoms with Gasteiger partial charge in [-0.25, -0.2) is 0 Å². The Morgan fingerprint density at radius 3 is 2.44 bits per heavy atom. The molecule has 0 atom stereocenters. The number of amides is 2. The van der Waals surface area contributed by atoms with Gasteiger partial charge in [-0.1, -0.05) is 37.3 Å². The highest BCUT2D eigenvalue weighted by atomic mass is 16.2. The molecule has 0 spiro atoms. The van der Waals surface area contributed by atoms with Gasteiger partial charge in [0.25, 0.3) is 5.91 Å². The first-order valence-corrected chi connectivity index (χ1v) is 5.18. The van der Waals surface area contributed by atoms with Crippen molar-refractivity contribution in [1.29, 1.82) is 0 Å². The zero-order valence-electron chi connectivity index (χ0n) is 9.51. The average Bonchev–Trinajstić information content (AvgIpc) is 2.35. The summed E-state index contributed by atoms with van der Waals surface area (Å²) in [4.78, 5) is 23.9. The molecule has 0 aliphatic carbocycles. The Balaban J connectivity index is 2.65. The first-order chi connectivity index (χ1) is 7.65. The van der Waals surface area contributed by atoms with Gasteiger partial charge in [0.2, 0.25) is 5.91 Å². The summed E-state index contributed by atoms with van der Waals surface area (Å²) in [5, 5.41) is 0. The Hall–Kier alpha value is -1.90. The standard InChI is InChI=1S/C13H15NO2/c1-3-12(15)14(2)13(16)10-9-11-7-5-4-6-8-11/h4-10H,3H2,1-2H3/b10-9+. The number of benzene rings is 1. The van der Waals surface area contributed by atoms with Crippen LogP contribution in [0.25, 0.3) is 6.08 Å². The number of imide groups is 1. The molecule has 0 N–H and O–H groups in total. The van der Waals surface area contributed by atoms with E-state index in [1.807, 2.05) is 30.3 Å². The number of carbonyl (C=O) groups excluding carboxylic acids is 2. The summed E-state index contributed by atoms with van der Waals surface area (Å²) in [7, 11) is 1.49. The SMILES string of the molecule is CCC(=O)N(C)C(=O)/C=C/c1ccccc1. The predicted octanol–water partition coefficient (Wildman–Crippen LogP) is 2.09. The molecule has 1 rings (SSSR count). The maximum absolute atomic E-state index is 11.5. The fourth-order valence-corrected chi connectivity index (χ4v) is 1.20. The summed E-state index contributed by atoms with van der Waals surface area (Å²) in [6, 6.07) is 9.48. The molecule has 3 heteroatoms. The number of likely N-dealkylation sites (N-methyl/N-ethyl adjacent to an activating group) is 1. The van der Waals surface area contributed by atoms with Gasteiger partial charge in [-0.05, 0) is 11.6 Å². The summed E-state index contributed by atoms with van der Waals surface area (Å²) >= 11 is 0. The van der Waals surface area contributed by atoms with Crippen molar-refractivity contribution >= 4 is 17.9 Å². The van der Waals surface area contributed by atoms with E-state index >= 15 is 0 Å². The molecule has 0 unspecified atom stereocenters. The molecule has 3 nitrogen and oxygen atoms in total. The van der Waals surface area contributed by atoms with Gasteiger partial charge in [0.15, 0.2) is 0 Å². The lowest BCUT2D eigenvalue weighted by Crippen LogP contribution is -2.30. The summed E-state index contributed by atoms with van der Waals surface area (Å²) in [6.45, 7) is 1.73. The van der Waals surface area contributed by atoms with Crippen molar-refractivity contribution in [3.05, 3.63) is 42.0 Å². The van der Waals surface area contributed by atoms with Gasteiger partial charge in [0, 0.05) is 19.5 Å². The Bertz CT molecular complexity index is 396. The molecule has 0 aliphatic rings. The van der Waals surface area contributed by atoms with Crippen LogP contribution >= 0.6 is 0 Å². The van der Waals surface area contributed by atoms with E-state index in [4.69, 9.17) is 0 Å². The van der Waals surface area contributed by atoms with E-state index in [0.717, 1.165) is 10.5 Å². The first-order valence-electron chi connectivity index (χ1n) is 5.18. The number of nitrogens with zero attached hydrogens (tertiary/aromatic N) is 1. The molecule has 0 radical (unpaired) electrons. The van der Waals surface area contributed by atoms with Gasteiger partial charge in [-0.15, -0.1) is 0 Å². The van der Waals surface area contributed by atoms with Crippen molar-refractivity contribution in [2.24, 2.45) is 0 Å². The number of hydrogen-bond acceptors (Lipinski definition) is 2. The molecule has 0 heterocycles. The second-order valence-electron chi connectivity index (χ2n) is 3.39. The van der Waals surface area contributed by atoms with Crippen LogP contribution in [0.15, 0.2) is 36.4 Å². The van der Waals surface area contributed by atoms with E-state index in [9.17, 15) is 9.59 Å². The zero-order chi connectivity index (χ0) is 12.0. The normalized spacial score (nSPS) is 10.4. The molecule has 84 valence electrons. The van der Waals surface area contributed by atoms with Gasteiger partial charge >= 0.3 is 0 Å². The molecule has 0 saturated carbocycles. The van der Waals surface area contributed by atoms with Crippen LogP contribution in [-0.2, 0) is 9.59 Å². The van der Waals surface area contributed by atoms with Gasteiger partial charge in [0.05, 0.1) is 0 Å². The van der Waals surface area contributed by atoms with E-state index in [2.05, 4.69) is 0 Å². The van der Waals surface area contributed by atoms with Gasteiger partial charge in [-0.3, -0.25) is 14.5 Å². The Morgan fingerprint density at radius 1 is 1.25 bits per heavy atom. The smallest absolute Gasteiger partial charge is 0.252 e. The van der Waals surface area contributed by atoms with Crippen molar-refractivity contribution in [1.82, 2.24) is 4.90 Å². The molecule has 2 amide bonds. The van der Waals surface area contributed by atoms with Gasteiger partial charge < -0.3 is 0 Å². The van der Waals surface area contributed by atoms with Crippen molar-refractivity contribution in [2.75, 3.05) is 7.05 Å². The van der Waals surface area contributed by atoms with Crippen LogP contribution < -0.4 is 0 Å². The fraction of sp³-hybridized carbons (Fsp3) is 0.231. The maximum Gasteiger partial charge on any atom is 0.252 e. The second-order valence-corrected chi connectivity index (χ2v) is 3.39. The molecule has 0 aliphatic heterocycles. The highest BCUT2D eigenvalue weighted by Gasteiger charge is 2.11. The third-order valence-corrected chi connectivity index (χ3v) is 2.23. The highest BCUT2D eigenvalue weighted by Crippen LogP contribution is 2.02. The van der Waals surface area contributed by atoms with Crippen LogP contribution in [-0.4, -0.2) is 23.8 Å². The minimum absolute atomic E-state index is 0.178. The van der Waals surface area contributed by atoms with Crippen molar-refractivity contribution in [3.8, 4) is 0 Å². The van der Waals surface area contributed by atoms with Crippen LogP contribution in [0.2, 0.25) is 0 Å². The topological polar surface area (TPSA) is 37.4 Å². The summed E-state index contributed by atoms with van der Waals surface area (Å²) in [5.41, 5.74) is 0.938. The minimum Gasteiger partial charge on any atom is -0.282 e. The lowest BCUT2D eigenvalue weighted by molar-refractivity contribution is -0.139. The van der Waals surface area contributed by atoms with Crippen molar-refractivity contribution in [3.63, 3.8) is 0 Å². The number of carbonyl (C=O) groups is 2. The predicted molar refractivity (Wildman–Crippen MR) is 63.5 cm³/mol. The van der Waals surface area contributed by atoms with Gasteiger partial charge in [-0.2, -0.15) is 0 Å². The molecule has 16 heavy (non-hydrogen) atoms. The largest absolute Gasteiger partial charge is 0.282 e. The second kappa shape index (κ2) is 5.85. The van der Waals surface area contributed by atoms with Gasteiger partial charge in [0.1, 0.15) is 0 Å². The van der Waals surface area contributed by atoms with E-state index in [0.29, 0.717) is 6.42 Å². The number of rotatable bonds is 3. The third kappa shape index (κ3) is 3.35. The number of hydrogen-bond donors (Lipinski definition) is 0. The maximum atomic E-state index is 11.5. The molecule has 0 bridgehead atoms. The molecule has 1 aromatic rings. The summed E-state index contributed by atoms with van der Waals surface area (Å²) < 4.78 is 0. The average molecular weight is 217 g/mol. The van der Waals surface area contributed by atoms with E-state index < -0.39 is 0 Å². The van der Waals surface area contributed by atoms with E-state index in [-0.39, 0.29) is 11.8 Å². The quantitative estimate of drug-likeness (QED) is 0.727. The van der Waals surface area contributed by atoms with Crippen molar-refractivity contribution < 1.29 is 9.59 Å². The lowest BCUT2D eigenvalue weighted by atomic mass is 10.2. The van der Waals surface area contributed by atoms with E-state index in [1.165, 1.54) is 13.1 Å². The highest BCUT2D eigenvalue weighted by molar-refractivity contribution is 6.02.